The average Bonchev–Trinajstić information content (AvgIpc) is 3.17. The van der Waals surface area contributed by atoms with Crippen molar-refractivity contribution < 1.29 is 34.2 Å². The van der Waals surface area contributed by atoms with Gasteiger partial charge in [0, 0.05) is 18.3 Å². The molecule has 0 aromatic carbocycles. The highest BCUT2D eigenvalue weighted by Crippen LogP contribution is 2.06. The largest absolute Gasteiger partial charge is 0.481 e. The summed E-state index contributed by atoms with van der Waals surface area (Å²) in [5, 5.41) is 25.0. The molecule has 1 aromatic rings. The zero-order valence-electron chi connectivity index (χ0n) is 17.4. The quantitative estimate of drug-likeness (QED) is 0.190. The summed E-state index contributed by atoms with van der Waals surface area (Å²) in [5.41, 5.74) is 6.05. The number of aliphatic carboxylic acids is 2. The molecule has 1 aromatic heterocycles. The fourth-order valence-electron chi connectivity index (χ4n) is 2.54. The van der Waals surface area contributed by atoms with Crippen LogP contribution in [0.2, 0.25) is 0 Å². The number of carboxylic acids is 2. The van der Waals surface area contributed by atoms with Crippen molar-refractivity contribution in [3.8, 4) is 0 Å². The van der Waals surface area contributed by atoms with Crippen LogP contribution in [0.4, 0.5) is 0 Å². The van der Waals surface area contributed by atoms with E-state index in [2.05, 4.69) is 25.9 Å². The van der Waals surface area contributed by atoms with Crippen molar-refractivity contribution in [3.63, 3.8) is 0 Å². The van der Waals surface area contributed by atoms with Gasteiger partial charge in [0.2, 0.25) is 17.7 Å². The Hall–Kier alpha value is -3.48. The molecule has 13 heteroatoms. The number of imidazole rings is 1. The van der Waals surface area contributed by atoms with Gasteiger partial charge in [-0.3, -0.25) is 24.0 Å². The zero-order chi connectivity index (χ0) is 23.7. The third-order valence-electron chi connectivity index (χ3n) is 4.32. The van der Waals surface area contributed by atoms with Crippen LogP contribution >= 0.6 is 0 Å². The van der Waals surface area contributed by atoms with Crippen molar-refractivity contribution in [1.29, 1.82) is 0 Å². The van der Waals surface area contributed by atoms with Crippen molar-refractivity contribution in [2.45, 2.75) is 57.8 Å². The number of nitrogens with two attached hydrogens (primary N) is 1. The minimum absolute atomic E-state index is 0.0127. The highest BCUT2D eigenvalue weighted by Gasteiger charge is 2.31. The fourth-order valence-corrected chi connectivity index (χ4v) is 2.54. The van der Waals surface area contributed by atoms with E-state index in [9.17, 15) is 24.0 Å². The lowest BCUT2D eigenvalue weighted by Gasteiger charge is -2.26. The Morgan fingerprint density at radius 2 is 1.68 bits per heavy atom. The summed E-state index contributed by atoms with van der Waals surface area (Å²) in [6.45, 7) is 4.56. The Kier molecular flexibility index (Phi) is 9.60. The SMILES string of the molecule is CC(NC(=O)C(Cc1cnc[nH]1)NC(=O)C(NC(=O)C(N)CC(=O)O)C(C)C)C(=O)O. The fraction of sp³-hybridized carbons (Fsp3) is 0.556. The number of hydrogen-bond acceptors (Lipinski definition) is 7. The van der Waals surface area contributed by atoms with Crippen LogP contribution in [-0.4, -0.2) is 74.0 Å². The number of nitrogens with one attached hydrogen (secondary N) is 4. The maximum Gasteiger partial charge on any atom is 0.325 e. The van der Waals surface area contributed by atoms with Gasteiger partial charge in [-0.15, -0.1) is 0 Å². The molecule has 0 radical (unpaired) electrons. The normalized spacial score (nSPS) is 14.7. The maximum absolute atomic E-state index is 12.8. The number of H-pyrrole nitrogens is 1. The first-order valence-corrected chi connectivity index (χ1v) is 9.50. The highest BCUT2D eigenvalue weighted by molar-refractivity contribution is 5.94. The lowest BCUT2D eigenvalue weighted by atomic mass is 10.0. The van der Waals surface area contributed by atoms with E-state index in [0.717, 1.165) is 0 Å². The van der Waals surface area contributed by atoms with Gasteiger partial charge < -0.3 is 36.9 Å². The van der Waals surface area contributed by atoms with Crippen LogP contribution in [0.3, 0.4) is 0 Å². The summed E-state index contributed by atoms with van der Waals surface area (Å²) in [6, 6.07) is -4.82. The second kappa shape index (κ2) is 11.6. The molecule has 31 heavy (non-hydrogen) atoms. The number of carbonyl (C=O) groups is 5. The second-order valence-electron chi connectivity index (χ2n) is 7.35. The third kappa shape index (κ3) is 8.42. The van der Waals surface area contributed by atoms with Gasteiger partial charge in [0.25, 0.3) is 0 Å². The van der Waals surface area contributed by atoms with E-state index in [1.807, 2.05) is 0 Å². The number of hydrogen-bond donors (Lipinski definition) is 7. The van der Waals surface area contributed by atoms with Crippen LogP contribution in [0.1, 0.15) is 32.9 Å². The number of nitrogens with zero attached hydrogens (tertiary/aromatic N) is 1. The van der Waals surface area contributed by atoms with Gasteiger partial charge >= 0.3 is 11.9 Å². The smallest absolute Gasteiger partial charge is 0.325 e. The van der Waals surface area contributed by atoms with Gasteiger partial charge in [-0.1, -0.05) is 13.8 Å². The monoisotopic (exact) mass is 440 g/mol. The van der Waals surface area contributed by atoms with Crippen molar-refractivity contribution in [1.82, 2.24) is 25.9 Å². The second-order valence-corrected chi connectivity index (χ2v) is 7.35. The Bertz CT molecular complexity index is 795. The predicted octanol–water partition coefficient (Wildman–Crippen LogP) is -2.03. The minimum atomic E-state index is -1.35. The van der Waals surface area contributed by atoms with E-state index in [4.69, 9.17) is 15.9 Å². The molecule has 0 spiro atoms. The Balaban J connectivity index is 2.96. The van der Waals surface area contributed by atoms with Crippen molar-refractivity contribution in [2.24, 2.45) is 11.7 Å². The molecule has 0 aliphatic rings. The van der Waals surface area contributed by atoms with Gasteiger partial charge in [0.05, 0.1) is 18.8 Å². The molecule has 0 aliphatic heterocycles. The Labute approximate surface area is 178 Å². The van der Waals surface area contributed by atoms with Gasteiger partial charge in [0.15, 0.2) is 0 Å². The summed E-state index contributed by atoms with van der Waals surface area (Å²) < 4.78 is 0. The van der Waals surface area contributed by atoms with Gasteiger partial charge in [-0.05, 0) is 12.8 Å². The van der Waals surface area contributed by atoms with E-state index in [-0.39, 0.29) is 6.42 Å². The number of amides is 3. The van der Waals surface area contributed by atoms with Crippen molar-refractivity contribution >= 4 is 29.7 Å². The lowest BCUT2D eigenvalue weighted by molar-refractivity contribution is -0.141. The first-order valence-electron chi connectivity index (χ1n) is 9.50. The molecular formula is C18H28N6O7. The third-order valence-corrected chi connectivity index (χ3v) is 4.32. The zero-order valence-corrected chi connectivity index (χ0v) is 17.4. The summed E-state index contributed by atoms with van der Waals surface area (Å²) in [7, 11) is 0. The first kappa shape index (κ1) is 25.6. The molecule has 4 unspecified atom stereocenters. The molecule has 1 rings (SSSR count). The van der Waals surface area contributed by atoms with E-state index in [1.54, 1.807) is 13.8 Å². The van der Waals surface area contributed by atoms with E-state index in [0.29, 0.717) is 5.69 Å². The molecule has 0 saturated heterocycles. The summed E-state index contributed by atoms with van der Waals surface area (Å²) in [4.78, 5) is 66.0. The molecule has 13 nitrogen and oxygen atoms in total. The molecule has 0 fully saturated rings. The molecule has 0 saturated carbocycles. The van der Waals surface area contributed by atoms with Crippen LogP contribution in [0.15, 0.2) is 12.5 Å². The van der Waals surface area contributed by atoms with Gasteiger partial charge in [0.1, 0.15) is 18.1 Å². The average molecular weight is 440 g/mol. The van der Waals surface area contributed by atoms with Crippen molar-refractivity contribution in [3.05, 3.63) is 18.2 Å². The van der Waals surface area contributed by atoms with Crippen LogP contribution in [-0.2, 0) is 30.4 Å². The maximum atomic E-state index is 12.8. The standard InChI is InChI=1S/C18H28N6O7/c1-8(2)14(24-15(27)11(19)5-13(25)26)17(29)23-12(4-10-6-20-7-21-10)16(28)22-9(3)18(30)31/h6-9,11-12,14H,4-5,19H2,1-3H3,(H,20,21)(H,22,28)(H,23,29)(H,24,27)(H,25,26)(H,30,31). The van der Waals surface area contributed by atoms with E-state index in [1.165, 1.54) is 19.4 Å². The van der Waals surface area contributed by atoms with Crippen LogP contribution in [0.5, 0.6) is 0 Å². The number of aromatic amines is 1. The number of carboxylic acid groups (broad SMARTS) is 2. The molecule has 0 aliphatic carbocycles. The molecule has 3 amide bonds. The summed E-state index contributed by atoms with van der Waals surface area (Å²) >= 11 is 0. The van der Waals surface area contributed by atoms with Crippen LogP contribution < -0.4 is 21.7 Å². The molecular weight excluding hydrogens is 412 g/mol. The molecule has 0 bridgehead atoms. The predicted molar refractivity (Wildman–Crippen MR) is 106 cm³/mol. The highest BCUT2D eigenvalue weighted by atomic mass is 16.4. The molecule has 8 N–H and O–H groups in total. The molecule has 1 heterocycles. The minimum Gasteiger partial charge on any atom is -0.481 e. The van der Waals surface area contributed by atoms with E-state index >= 15 is 0 Å². The molecule has 4 atom stereocenters. The summed E-state index contributed by atoms with van der Waals surface area (Å²) in [5.74, 6) is -5.22. The van der Waals surface area contributed by atoms with Crippen molar-refractivity contribution in [2.75, 3.05) is 0 Å². The number of aromatic nitrogens is 2. The Morgan fingerprint density at radius 1 is 1.03 bits per heavy atom. The number of rotatable bonds is 12. The van der Waals surface area contributed by atoms with Crippen LogP contribution in [0, 0.1) is 5.92 Å². The van der Waals surface area contributed by atoms with Crippen LogP contribution in [0.25, 0.3) is 0 Å². The first-order chi connectivity index (χ1) is 14.4. The van der Waals surface area contributed by atoms with E-state index < -0.39 is 66.2 Å². The topological polar surface area (TPSA) is 217 Å². The summed E-state index contributed by atoms with van der Waals surface area (Å²) in [6.07, 6.45) is 2.20. The van der Waals surface area contributed by atoms with Gasteiger partial charge in [-0.2, -0.15) is 0 Å². The number of carbonyl (C=O) groups excluding carboxylic acids is 3. The molecule has 172 valence electrons. The lowest BCUT2D eigenvalue weighted by Crippen LogP contribution is -2.58. The Morgan fingerprint density at radius 3 is 2.16 bits per heavy atom. The van der Waals surface area contributed by atoms with Gasteiger partial charge in [-0.25, -0.2) is 4.98 Å².